The van der Waals surface area contributed by atoms with Gasteiger partial charge in [-0.2, -0.15) is 0 Å². The second kappa shape index (κ2) is 24.9. The average molecular weight is 1400 g/mol. The second-order valence-electron chi connectivity index (χ2n) is 23.6. The molecule has 101 heavy (non-hydrogen) atoms. The zero-order valence-corrected chi connectivity index (χ0v) is 51.0. The van der Waals surface area contributed by atoms with Gasteiger partial charge < -0.3 is 151 Å². The molecule has 0 aromatic heterocycles. The number of carbonyl (C=O) groups excluding carboxylic acids is 3. The summed E-state index contributed by atoms with van der Waals surface area (Å²) < 4.78 is 36.7. The monoisotopic (exact) mass is 1400 g/mol. The lowest BCUT2D eigenvalue weighted by Gasteiger charge is -2.37. The Labute approximate surface area is 562 Å². The lowest BCUT2D eigenvalue weighted by Crippen LogP contribution is -2.36. The summed E-state index contributed by atoms with van der Waals surface area (Å²) in [6.45, 7) is 0. The normalized spacial score (nSPS) is 17.4. The molecule has 0 saturated heterocycles. The number of hydrogen-bond acceptors (Lipinski definition) is 33. The van der Waals surface area contributed by atoms with E-state index < -0.39 is 286 Å². The van der Waals surface area contributed by atoms with Crippen LogP contribution in [0.25, 0.3) is 0 Å². The predicted octanol–water partition coefficient (Wildman–Crippen LogP) is 6.51. The lowest BCUT2D eigenvalue weighted by molar-refractivity contribution is -0.0197. The molecule has 0 unspecified atom stereocenters. The number of hydrogen-bond donors (Lipinski definition) is 24. The summed E-state index contributed by atoms with van der Waals surface area (Å²) in [4.78, 5) is 41.8. The molecule has 0 amide bonds. The van der Waals surface area contributed by atoms with Gasteiger partial charge in [-0.3, -0.25) is 0 Å². The molecule has 3 heterocycles. The number of carbonyl (C=O) groups is 3. The molecule has 0 aliphatic carbocycles. The number of aromatic hydroxyl groups is 24. The van der Waals surface area contributed by atoms with Crippen molar-refractivity contribution in [3.8, 4) is 155 Å². The molecular formula is C68H54O33. The summed E-state index contributed by atoms with van der Waals surface area (Å²) in [5.41, 5.74) is -5.97. The minimum absolute atomic E-state index is 0.206. The third-order valence-electron chi connectivity index (χ3n) is 17.2. The van der Waals surface area contributed by atoms with E-state index in [-0.39, 0.29) is 27.8 Å². The molecule has 24 N–H and O–H groups in total. The Hall–Kier alpha value is -14.0. The number of esters is 3. The summed E-state index contributed by atoms with van der Waals surface area (Å²) in [6.07, 6.45) is -14.6. The largest absolute Gasteiger partial charge is 0.507 e. The predicted molar refractivity (Wildman–Crippen MR) is 332 cm³/mol. The van der Waals surface area contributed by atoms with Crippen LogP contribution in [-0.4, -0.2) is 159 Å². The maximum absolute atomic E-state index is 14.1. The Morgan fingerprint density at radius 3 is 0.931 bits per heavy atom. The van der Waals surface area contributed by atoms with Gasteiger partial charge in [0.25, 0.3) is 0 Å². The maximum Gasteiger partial charge on any atom is 0.338 e. The van der Waals surface area contributed by atoms with Crippen LogP contribution in [0.5, 0.6) is 155 Å². The molecule has 3 aliphatic rings. The standard InChI is InChI=1S/C68H54O33/c69-33-18-34(70)28-15-49(97-66(93)23-7-42(78)58(90)43(79)8-23)62(21-3-38(74)56(88)39(75)4-21)100-64(28)27(33)14-31-53(85)30(54(86)32-17-51(99-68(95)25-11-46(82)60(92)47(83)12-25)63(101-65(31)32)22-5-40(76)57(89)41(77)6-22)13-26-35(71)19-48-29(52(26)84)16-50(61(96-48)20-1-36(72)55(87)37(73)2-20)98-67(94)24-9-44(80)59(91)45(81)10-24/h1-12,18-19,49-51,61-63,69-92H,13-17H2/t49-,50-,51-,61-,62+,63-/m1/s1. The molecule has 0 spiro atoms. The van der Waals surface area contributed by atoms with Gasteiger partial charge in [0, 0.05) is 99.9 Å². The van der Waals surface area contributed by atoms with Gasteiger partial charge in [-0.15, -0.1) is 0 Å². The van der Waals surface area contributed by atoms with Crippen LogP contribution in [0.3, 0.4) is 0 Å². The number of rotatable bonds is 13. The number of fused-ring (bicyclic) bond motifs is 3. The minimum atomic E-state index is -1.86. The molecule has 33 heteroatoms. The summed E-state index contributed by atoms with van der Waals surface area (Å²) in [7, 11) is 0. The van der Waals surface area contributed by atoms with Gasteiger partial charge >= 0.3 is 17.9 Å². The Morgan fingerprint density at radius 2 is 0.564 bits per heavy atom. The third kappa shape index (κ3) is 11.9. The highest BCUT2D eigenvalue weighted by molar-refractivity contribution is 5.93. The van der Waals surface area contributed by atoms with Crippen molar-refractivity contribution < 1.29 is 165 Å². The number of ether oxygens (including phenoxy) is 6. The summed E-state index contributed by atoms with van der Waals surface area (Å²) in [5, 5.41) is 261. The molecule has 0 bridgehead atoms. The minimum Gasteiger partial charge on any atom is -0.507 e. The smallest absolute Gasteiger partial charge is 0.338 e. The van der Waals surface area contributed by atoms with E-state index in [1.807, 2.05) is 0 Å². The van der Waals surface area contributed by atoms with E-state index in [1.54, 1.807) is 0 Å². The zero-order valence-electron chi connectivity index (χ0n) is 51.0. The van der Waals surface area contributed by atoms with Crippen molar-refractivity contribution >= 4 is 17.9 Å². The van der Waals surface area contributed by atoms with Crippen LogP contribution < -0.4 is 14.2 Å². The molecule has 524 valence electrons. The quantitative estimate of drug-likeness (QED) is 0.0332. The lowest BCUT2D eigenvalue weighted by atomic mass is 9.85. The fraction of sp³-hybridized carbons (Fsp3) is 0.162. The van der Waals surface area contributed by atoms with Gasteiger partial charge in [-0.05, 0) is 72.8 Å². The fourth-order valence-electron chi connectivity index (χ4n) is 12.2. The van der Waals surface area contributed by atoms with E-state index in [0.717, 1.165) is 48.5 Å². The highest BCUT2D eigenvalue weighted by Gasteiger charge is 2.45. The molecule has 9 aromatic rings. The summed E-state index contributed by atoms with van der Waals surface area (Å²) in [5.74, 6) is -28.9. The molecule has 33 nitrogen and oxygen atoms in total. The Bertz CT molecular complexity index is 4860. The van der Waals surface area contributed by atoms with Crippen molar-refractivity contribution in [2.75, 3.05) is 0 Å². The van der Waals surface area contributed by atoms with Gasteiger partial charge in [-0.25, -0.2) is 14.4 Å². The highest BCUT2D eigenvalue weighted by atomic mass is 16.6. The van der Waals surface area contributed by atoms with Crippen molar-refractivity contribution in [1.82, 2.24) is 0 Å². The summed E-state index contributed by atoms with van der Waals surface area (Å²) >= 11 is 0. The van der Waals surface area contributed by atoms with Crippen molar-refractivity contribution in [1.29, 1.82) is 0 Å². The SMILES string of the molecule is O=C(O[C@@H]1Cc2c(cc(O)c(Cc3c(O)c(Cc4c(O)cc(O)c5c4O[C@@H](c4cc(O)c(O)c(O)c4)[C@H](OC(=O)c4cc(O)c(O)c(O)c4)C5)c4c(c3O)C[C@@H](OC(=O)c3cc(O)c(O)c(O)c3)[C@@H](c3cc(O)c(O)c(O)c3)O4)c2O)O[C@@H]1c1cc(O)c(O)c(O)c1)c1cc(O)c(O)c(O)c1. The van der Waals surface area contributed by atoms with Crippen LogP contribution in [-0.2, 0) is 46.3 Å². The van der Waals surface area contributed by atoms with Crippen LogP contribution >= 0.6 is 0 Å². The van der Waals surface area contributed by atoms with Gasteiger partial charge in [0.15, 0.2) is 122 Å². The van der Waals surface area contributed by atoms with Crippen molar-refractivity contribution in [3.63, 3.8) is 0 Å². The van der Waals surface area contributed by atoms with Crippen molar-refractivity contribution in [2.45, 2.75) is 68.7 Å². The highest BCUT2D eigenvalue weighted by Crippen LogP contribution is 2.57. The summed E-state index contributed by atoms with van der Waals surface area (Å²) in [6, 6.07) is 11.1. The first-order valence-electron chi connectivity index (χ1n) is 29.5. The average Bonchev–Trinajstić information content (AvgIpc) is 0.749. The molecule has 12 rings (SSSR count). The fourth-order valence-corrected chi connectivity index (χ4v) is 12.2. The number of phenolic OH excluding ortho intramolecular Hbond substituents is 24. The maximum atomic E-state index is 14.1. The molecule has 3 aliphatic heterocycles. The van der Waals surface area contributed by atoms with Crippen LogP contribution in [0.4, 0.5) is 0 Å². The van der Waals surface area contributed by atoms with Gasteiger partial charge in [-0.1, -0.05) is 0 Å². The molecule has 0 fully saturated rings. The Morgan fingerprint density at radius 1 is 0.277 bits per heavy atom. The van der Waals surface area contributed by atoms with E-state index >= 15 is 0 Å². The van der Waals surface area contributed by atoms with Gasteiger partial charge in [0.2, 0.25) is 0 Å². The third-order valence-corrected chi connectivity index (χ3v) is 17.2. The molecular weight excluding hydrogens is 1340 g/mol. The Kier molecular flexibility index (Phi) is 16.5. The first-order valence-corrected chi connectivity index (χ1v) is 29.5. The van der Waals surface area contributed by atoms with E-state index in [9.17, 15) is 137 Å². The zero-order chi connectivity index (χ0) is 73.0. The van der Waals surface area contributed by atoms with Gasteiger partial charge in [0.05, 0.1) is 16.7 Å². The Balaban J connectivity index is 1.02. The van der Waals surface area contributed by atoms with E-state index in [4.69, 9.17) is 28.4 Å². The molecule has 9 aromatic carbocycles. The second-order valence-corrected chi connectivity index (χ2v) is 23.6. The first-order chi connectivity index (χ1) is 47.7. The molecule has 6 atom stereocenters. The van der Waals surface area contributed by atoms with Gasteiger partial charge in [0.1, 0.15) is 70.1 Å². The molecule has 0 saturated carbocycles. The van der Waals surface area contributed by atoms with Crippen molar-refractivity contribution in [2.24, 2.45) is 0 Å². The van der Waals surface area contributed by atoms with E-state index in [0.29, 0.717) is 36.4 Å². The molecule has 0 radical (unpaired) electrons. The number of phenols is 24. The first kappa shape index (κ1) is 67.0. The topological polar surface area (TPSA) is 592 Å². The van der Waals surface area contributed by atoms with Crippen LogP contribution in [0.1, 0.15) is 105 Å². The van der Waals surface area contributed by atoms with E-state index in [1.165, 1.54) is 0 Å². The van der Waals surface area contributed by atoms with E-state index in [2.05, 4.69) is 0 Å². The van der Waals surface area contributed by atoms with Crippen LogP contribution in [0.2, 0.25) is 0 Å². The number of benzene rings is 9. The van der Waals surface area contributed by atoms with Crippen molar-refractivity contribution in [3.05, 3.63) is 157 Å². The van der Waals surface area contributed by atoms with Crippen LogP contribution in [0.15, 0.2) is 84.9 Å². The van der Waals surface area contributed by atoms with Crippen LogP contribution in [0, 0.1) is 0 Å².